The summed E-state index contributed by atoms with van der Waals surface area (Å²) in [5, 5.41) is 17.1. The van der Waals surface area contributed by atoms with Gasteiger partial charge in [-0.25, -0.2) is 9.98 Å². The molecule has 4 atom stereocenters. The molecule has 3 aromatic carbocycles. The van der Waals surface area contributed by atoms with Crippen molar-refractivity contribution in [2.45, 2.75) is 36.5 Å². The van der Waals surface area contributed by atoms with E-state index in [9.17, 15) is 9.90 Å². The van der Waals surface area contributed by atoms with Crippen LogP contribution in [0.2, 0.25) is 0 Å². The standard InChI is InChI=1S/C39H42N10O6/c1-24-42-37(45-47(24)4)48-20-38(32(50)31(48)35(55-38)49-23-40-30-33(49)43-36(44-34(30)51)41-22-46(2)3)21-54-39(25-10-8-7-9-11-25,26-12-16-28(52-5)17-13-26)27-14-18-29(53-6)19-15-27/h7-19,22-23,31-32,35,50H,20-21H2,1-6H3,(H,43,44,51)/t31-,32+,35-,38-/m1/s1. The van der Waals surface area contributed by atoms with Crippen LogP contribution in [0.5, 0.6) is 11.5 Å². The highest BCUT2D eigenvalue weighted by Crippen LogP contribution is 2.50. The Morgan fingerprint density at radius 1 is 1.00 bits per heavy atom. The summed E-state index contributed by atoms with van der Waals surface area (Å²) in [6.07, 6.45) is 1.05. The van der Waals surface area contributed by atoms with Crippen LogP contribution in [-0.4, -0.2) is 110 Å². The average Bonchev–Trinajstić information content (AvgIpc) is 3.94. The third-order valence-electron chi connectivity index (χ3n) is 10.3. The number of rotatable bonds is 12. The Kier molecular flexibility index (Phi) is 9.11. The lowest BCUT2D eigenvalue weighted by Gasteiger charge is -2.41. The average molecular weight is 747 g/mol. The van der Waals surface area contributed by atoms with E-state index in [0.717, 1.165) is 16.7 Å². The molecule has 5 heterocycles. The number of hydrogen-bond acceptors (Lipinski definition) is 12. The molecule has 0 aliphatic carbocycles. The van der Waals surface area contributed by atoms with Crippen molar-refractivity contribution in [1.82, 2.24) is 39.2 Å². The Morgan fingerprint density at radius 2 is 1.64 bits per heavy atom. The normalized spacial score (nSPS) is 20.9. The summed E-state index contributed by atoms with van der Waals surface area (Å²) < 4.78 is 28.7. The molecule has 0 spiro atoms. The number of morpholine rings is 1. The molecule has 2 fully saturated rings. The van der Waals surface area contributed by atoms with Crippen molar-refractivity contribution in [2.24, 2.45) is 12.0 Å². The molecule has 0 unspecified atom stereocenters. The largest absolute Gasteiger partial charge is 0.497 e. The lowest BCUT2D eigenvalue weighted by molar-refractivity contribution is -0.157. The maximum Gasteiger partial charge on any atom is 0.280 e. The summed E-state index contributed by atoms with van der Waals surface area (Å²) in [4.78, 5) is 37.6. The van der Waals surface area contributed by atoms with Crippen molar-refractivity contribution in [3.05, 3.63) is 118 Å². The zero-order valence-corrected chi connectivity index (χ0v) is 31.3. The van der Waals surface area contributed by atoms with Crippen molar-refractivity contribution < 1.29 is 24.1 Å². The fraction of sp³-hybridized carbons (Fsp3) is 0.333. The number of imidazole rings is 1. The first-order valence-corrected chi connectivity index (χ1v) is 17.7. The zero-order valence-electron chi connectivity index (χ0n) is 31.3. The molecule has 6 aromatic rings. The third kappa shape index (κ3) is 6.07. The molecule has 0 amide bonds. The van der Waals surface area contributed by atoms with Crippen molar-refractivity contribution in [2.75, 3.05) is 46.4 Å². The molecular weight excluding hydrogens is 704 g/mol. The third-order valence-corrected chi connectivity index (χ3v) is 10.3. The predicted molar refractivity (Wildman–Crippen MR) is 204 cm³/mol. The molecule has 8 rings (SSSR count). The van der Waals surface area contributed by atoms with Gasteiger partial charge in [-0.05, 0) is 47.9 Å². The Morgan fingerprint density at radius 3 is 2.22 bits per heavy atom. The van der Waals surface area contributed by atoms with Crippen molar-refractivity contribution >= 4 is 29.4 Å². The monoisotopic (exact) mass is 746 g/mol. The number of hydrogen-bond donors (Lipinski definition) is 2. The van der Waals surface area contributed by atoms with Gasteiger partial charge in [0.15, 0.2) is 17.4 Å². The molecule has 16 nitrogen and oxygen atoms in total. The minimum Gasteiger partial charge on any atom is -0.497 e. The van der Waals surface area contributed by atoms with Crippen LogP contribution in [0.4, 0.5) is 11.9 Å². The first-order valence-electron chi connectivity index (χ1n) is 17.7. The topological polar surface area (TPSA) is 170 Å². The number of aliphatic hydroxyl groups is 1. The Balaban J connectivity index is 1.26. The van der Waals surface area contributed by atoms with Crippen molar-refractivity contribution in [1.29, 1.82) is 0 Å². The lowest BCUT2D eigenvalue weighted by atomic mass is 9.79. The quantitative estimate of drug-likeness (QED) is 0.107. The van der Waals surface area contributed by atoms with Crippen LogP contribution in [0.15, 0.2) is 95.0 Å². The second-order valence-electron chi connectivity index (χ2n) is 13.9. The number of benzene rings is 3. The van der Waals surface area contributed by atoms with E-state index >= 15 is 0 Å². The van der Waals surface area contributed by atoms with E-state index in [0.29, 0.717) is 23.3 Å². The van der Waals surface area contributed by atoms with E-state index in [2.05, 4.69) is 25.0 Å². The zero-order chi connectivity index (χ0) is 38.5. The van der Waals surface area contributed by atoms with Crippen LogP contribution in [0, 0.1) is 6.92 Å². The molecule has 2 aliphatic rings. The second-order valence-corrected chi connectivity index (χ2v) is 13.9. The number of aromatic nitrogens is 7. The number of anilines is 1. The molecule has 2 bridgehead atoms. The van der Waals surface area contributed by atoms with Crippen LogP contribution >= 0.6 is 0 Å². The fourth-order valence-corrected chi connectivity index (χ4v) is 7.49. The number of H-pyrrole nitrogens is 1. The van der Waals surface area contributed by atoms with Gasteiger partial charge in [0.2, 0.25) is 11.9 Å². The van der Waals surface area contributed by atoms with E-state index in [1.165, 1.54) is 12.7 Å². The Hall–Kier alpha value is -6.10. The van der Waals surface area contributed by atoms with Gasteiger partial charge in [-0.2, -0.15) is 9.97 Å². The summed E-state index contributed by atoms with van der Waals surface area (Å²) in [7, 11) is 8.70. The van der Waals surface area contributed by atoms with Gasteiger partial charge >= 0.3 is 0 Å². The van der Waals surface area contributed by atoms with E-state index in [-0.39, 0.29) is 30.3 Å². The highest BCUT2D eigenvalue weighted by atomic mass is 16.6. The van der Waals surface area contributed by atoms with Gasteiger partial charge in [0.25, 0.3) is 5.56 Å². The number of ether oxygens (including phenoxy) is 4. The highest BCUT2D eigenvalue weighted by Gasteiger charge is 2.66. The smallest absolute Gasteiger partial charge is 0.280 e. The van der Waals surface area contributed by atoms with Gasteiger partial charge in [-0.3, -0.25) is 19.0 Å². The second kappa shape index (κ2) is 14.0. The number of nitrogens with one attached hydrogen (secondary N) is 1. The summed E-state index contributed by atoms with van der Waals surface area (Å²) in [6.45, 7) is 1.99. The molecule has 16 heteroatoms. The number of fused-ring (bicyclic) bond motifs is 3. The first-order chi connectivity index (χ1) is 26.6. The summed E-state index contributed by atoms with van der Waals surface area (Å²) in [5.74, 6) is 2.60. The molecule has 0 saturated carbocycles. The first kappa shape index (κ1) is 35.9. The van der Waals surface area contributed by atoms with Gasteiger partial charge in [0.1, 0.15) is 40.7 Å². The number of nitrogens with zero attached hydrogens (tertiary/aromatic N) is 9. The van der Waals surface area contributed by atoms with E-state index < -0.39 is 35.1 Å². The van der Waals surface area contributed by atoms with Gasteiger partial charge < -0.3 is 33.9 Å². The van der Waals surface area contributed by atoms with Crippen molar-refractivity contribution in [3.8, 4) is 11.5 Å². The van der Waals surface area contributed by atoms with Gasteiger partial charge in [0.05, 0.1) is 40.0 Å². The molecule has 0 radical (unpaired) electrons. The molecule has 55 heavy (non-hydrogen) atoms. The number of methoxy groups -OCH3 is 2. The van der Waals surface area contributed by atoms with Crippen LogP contribution in [-0.2, 0) is 22.1 Å². The highest BCUT2D eigenvalue weighted by molar-refractivity contribution is 5.71. The van der Waals surface area contributed by atoms with Gasteiger partial charge in [-0.1, -0.05) is 54.6 Å². The lowest BCUT2D eigenvalue weighted by Crippen LogP contribution is -2.51. The van der Waals surface area contributed by atoms with E-state index in [1.54, 1.807) is 28.4 Å². The number of aliphatic hydroxyl groups excluding tert-OH is 1. The molecular formula is C39H42N10O6. The Labute approximate surface area is 316 Å². The Bertz CT molecular complexity index is 2330. The minimum atomic E-state index is -1.31. The maximum absolute atomic E-state index is 13.2. The van der Waals surface area contributed by atoms with E-state index in [1.807, 2.05) is 112 Å². The molecule has 2 aliphatic heterocycles. The minimum absolute atomic E-state index is 0.0740. The summed E-state index contributed by atoms with van der Waals surface area (Å²) in [6, 6.07) is 24.7. The van der Waals surface area contributed by atoms with Gasteiger partial charge in [0, 0.05) is 21.1 Å². The fourth-order valence-electron chi connectivity index (χ4n) is 7.49. The van der Waals surface area contributed by atoms with Gasteiger partial charge in [-0.15, -0.1) is 5.10 Å². The summed E-state index contributed by atoms with van der Waals surface area (Å²) in [5.41, 5.74) is -0.0943. The number of aryl methyl sites for hydroxylation is 2. The van der Waals surface area contributed by atoms with Crippen LogP contribution in [0.3, 0.4) is 0 Å². The predicted octanol–water partition coefficient (Wildman–Crippen LogP) is 3.32. The molecule has 3 aromatic heterocycles. The summed E-state index contributed by atoms with van der Waals surface area (Å²) >= 11 is 0. The van der Waals surface area contributed by atoms with Crippen LogP contribution in [0.1, 0.15) is 28.7 Å². The number of aliphatic imine (C=N–C) groups is 1. The number of aromatic amines is 1. The molecule has 2 saturated heterocycles. The SMILES string of the molecule is COc1ccc(C(OC[C@@]23CN(c4nc(C)n(C)n4)[C@@H]([C@H](n4cnc5c(=O)[nH]c(N=CN(C)C)nc54)O2)[C@@H]3O)(c2ccccc2)c2ccc(OC)cc2)cc1. The van der Waals surface area contributed by atoms with Crippen LogP contribution in [0.25, 0.3) is 11.2 Å². The van der Waals surface area contributed by atoms with Crippen molar-refractivity contribution in [3.63, 3.8) is 0 Å². The van der Waals surface area contributed by atoms with Crippen LogP contribution < -0.4 is 19.9 Å². The van der Waals surface area contributed by atoms with E-state index in [4.69, 9.17) is 23.9 Å². The molecule has 284 valence electrons. The molecule has 2 N–H and O–H groups in total. The maximum atomic E-state index is 13.2.